The summed E-state index contributed by atoms with van der Waals surface area (Å²) in [6.07, 6.45) is 0. The molecule has 0 aliphatic carbocycles. The molecule has 5 nitrogen and oxygen atoms in total. The molecular weight excluding hydrogens is 237 g/mol. The largest absolute Gasteiger partial charge is 0.466 e. The summed E-state index contributed by atoms with van der Waals surface area (Å²) in [4.78, 5) is 0. The number of fused-ring (bicyclic) bond motifs is 1. The van der Waals surface area contributed by atoms with Crippen molar-refractivity contribution in [2.45, 2.75) is 6.61 Å². The molecule has 0 bridgehead atoms. The molecule has 0 spiro atoms. The van der Waals surface area contributed by atoms with Crippen LogP contribution in [-0.4, -0.2) is 16.6 Å². The van der Waals surface area contributed by atoms with Crippen LogP contribution in [0.15, 0.2) is 18.2 Å². The highest BCUT2D eigenvalue weighted by molar-refractivity contribution is 5.71. The molecule has 0 unspecified atom stereocenters. The van der Waals surface area contributed by atoms with Crippen LogP contribution in [0.1, 0.15) is 5.56 Å². The van der Waals surface area contributed by atoms with Crippen molar-refractivity contribution in [3.8, 4) is 17.0 Å². The van der Waals surface area contributed by atoms with Gasteiger partial charge in [0.25, 0.3) is 0 Å². The topological polar surface area (TPSA) is 62.3 Å². The maximum absolute atomic E-state index is 13.6. The summed E-state index contributed by atoms with van der Waals surface area (Å²) in [5, 5.41) is 4.23. The molecule has 94 valence electrons. The monoisotopic (exact) mass is 249 g/mol. The Bertz CT molecular complexity index is 590. The second-order valence-corrected chi connectivity index (χ2v) is 4.13. The van der Waals surface area contributed by atoms with Crippen LogP contribution < -0.4 is 10.5 Å². The number of rotatable bonds is 1. The van der Waals surface area contributed by atoms with E-state index in [2.05, 4.69) is 5.10 Å². The third kappa shape index (κ3) is 1.70. The Labute approximate surface area is 103 Å². The van der Waals surface area contributed by atoms with Gasteiger partial charge in [-0.1, -0.05) is 0 Å². The average molecular weight is 249 g/mol. The number of hydrogen-bond acceptors (Lipinski definition) is 4. The maximum atomic E-state index is 13.6. The highest BCUT2D eigenvalue weighted by atomic mass is 19.1. The van der Waals surface area contributed by atoms with E-state index in [1.165, 1.54) is 16.8 Å². The summed E-state index contributed by atoms with van der Waals surface area (Å²) in [7, 11) is 1.73. The predicted molar refractivity (Wildman–Crippen MR) is 63.3 cm³/mol. The van der Waals surface area contributed by atoms with Crippen LogP contribution in [-0.2, 0) is 18.4 Å². The van der Waals surface area contributed by atoms with E-state index >= 15 is 0 Å². The fourth-order valence-corrected chi connectivity index (χ4v) is 1.98. The van der Waals surface area contributed by atoms with E-state index < -0.39 is 0 Å². The first-order chi connectivity index (χ1) is 8.65. The summed E-state index contributed by atoms with van der Waals surface area (Å²) in [5.74, 6) is 0.776. The first-order valence-corrected chi connectivity index (χ1v) is 5.48. The third-order valence-corrected chi connectivity index (χ3v) is 2.87. The zero-order valence-electron chi connectivity index (χ0n) is 9.81. The summed E-state index contributed by atoms with van der Waals surface area (Å²) in [6, 6.07) is 4.49. The molecule has 0 atom stereocenters. The SMILES string of the molecule is Cn1nc(-c2cc(F)cc3c2OCOC3)cc1N. The van der Waals surface area contributed by atoms with Gasteiger partial charge in [0.1, 0.15) is 17.4 Å². The van der Waals surface area contributed by atoms with Crippen molar-refractivity contribution in [2.24, 2.45) is 7.05 Å². The second kappa shape index (κ2) is 3.99. The Hall–Kier alpha value is -2.08. The van der Waals surface area contributed by atoms with Crippen molar-refractivity contribution in [2.75, 3.05) is 12.5 Å². The van der Waals surface area contributed by atoms with E-state index in [0.29, 0.717) is 35.0 Å². The fraction of sp³-hybridized carbons (Fsp3) is 0.250. The van der Waals surface area contributed by atoms with Gasteiger partial charge in [0.15, 0.2) is 6.79 Å². The fourth-order valence-electron chi connectivity index (χ4n) is 1.98. The van der Waals surface area contributed by atoms with Gasteiger partial charge in [0.05, 0.1) is 12.3 Å². The van der Waals surface area contributed by atoms with E-state index in [1.807, 2.05) is 0 Å². The average Bonchev–Trinajstić information content (AvgIpc) is 2.68. The molecule has 3 rings (SSSR count). The van der Waals surface area contributed by atoms with Gasteiger partial charge in [-0.25, -0.2) is 4.39 Å². The zero-order valence-corrected chi connectivity index (χ0v) is 9.81. The summed E-state index contributed by atoms with van der Waals surface area (Å²) < 4.78 is 25.7. The number of nitrogens with two attached hydrogens (primary N) is 1. The van der Waals surface area contributed by atoms with Crippen molar-refractivity contribution < 1.29 is 13.9 Å². The van der Waals surface area contributed by atoms with Gasteiger partial charge in [-0.3, -0.25) is 4.68 Å². The predicted octanol–water partition coefficient (Wildman–Crippen LogP) is 1.67. The quantitative estimate of drug-likeness (QED) is 0.835. The van der Waals surface area contributed by atoms with Crippen LogP contribution in [0.25, 0.3) is 11.3 Å². The summed E-state index contributed by atoms with van der Waals surface area (Å²) >= 11 is 0. The molecule has 1 aromatic carbocycles. The molecule has 2 aromatic rings. The van der Waals surface area contributed by atoms with E-state index in [-0.39, 0.29) is 12.6 Å². The van der Waals surface area contributed by atoms with Crippen molar-refractivity contribution in [3.63, 3.8) is 0 Å². The molecule has 18 heavy (non-hydrogen) atoms. The van der Waals surface area contributed by atoms with E-state index in [4.69, 9.17) is 15.2 Å². The third-order valence-electron chi connectivity index (χ3n) is 2.87. The zero-order chi connectivity index (χ0) is 12.7. The summed E-state index contributed by atoms with van der Waals surface area (Å²) in [5.41, 5.74) is 7.60. The number of nitrogen functional groups attached to an aromatic ring is 1. The van der Waals surface area contributed by atoms with E-state index in [0.717, 1.165) is 0 Å². The Morgan fingerprint density at radius 1 is 1.39 bits per heavy atom. The number of hydrogen-bond donors (Lipinski definition) is 1. The van der Waals surface area contributed by atoms with Crippen molar-refractivity contribution in [3.05, 3.63) is 29.6 Å². The van der Waals surface area contributed by atoms with Crippen LogP contribution in [0.4, 0.5) is 10.2 Å². The number of aryl methyl sites for hydroxylation is 1. The van der Waals surface area contributed by atoms with E-state index in [1.54, 1.807) is 13.1 Å². The lowest BCUT2D eigenvalue weighted by Crippen LogP contribution is -2.12. The van der Waals surface area contributed by atoms with Gasteiger partial charge in [0.2, 0.25) is 0 Å². The lowest BCUT2D eigenvalue weighted by molar-refractivity contribution is -0.0161. The van der Waals surface area contributed by atoms with Gasteiger partial charge >= 0.3 is 0 Å². The van der Waals surface area contributed by atoms with Crippen LogP contribution in [0.5, 0.6) is 5.75 Å². The van der Waals surface area contributed by atoms with Crippen LogP contribution >= 0.6 is 0 Å². The number of benzene rings is 1. The van der Waals surface area contributed by atoms with Gasteiger partial charge in [-0.15, -0.1) is 0 Å². The lowest BCUT2D eigenvalue weighted by Gasteiger charge is -2.20. The number of aromatic nitrogens is 2. The number of nitrogens with zero attached hydrogens (tertiary/aromatic N) is 2. The van der Waals surface area contributed by atoms with Crippen LogP contribution in [0.3, 0.4) is 0 Å². The lowest BCUT2D eigenvalue weighted by atomic mass is 10.1. The smallest absolute Gasteiger partial charge is 0.189 e. The highest BCUT2D eigenvalue weighted by Gasteiger charge is 2.20. The first-order valence-electron chi connectivity index (χ1n) is 5.48. The second-order valence-electron chi connectivity index (χ2n) is 4.13. The standard InChI is InChI=1S/C12H12FN3O2/c1-16-11(14)4-10(15-16)9-3-8(13)2-7-5-17-6-18-12(7)9/h2-4H,5-6,14H2,1H3. The van der Waals surface area contributed by atoms with Gasteiger partial charge in [0, 0.05) is 24.2 Å². The molecule has 0 saturated heterocycles. The minimum absolute atomic E-state index is 0.161. The number of anilines is 1. The Morgan fingerprint density at radius 3 is 2.94 bits per heavy atom. The maximum Gasteiger partial charge on any atom is 0.189 e. The van der Waals surface area contributed by atoms with Gasteiger partial charge in [-0.05, 0) is 12.1 Å². The van der Waals surface area contributed by atoms with Crippen molar-refractivity contribution in [1.29, 1.82) is 0 Å². The molecule has 2 N–H and O–H groups in total. The van der Waals surface area contributed by atoms with E-state index in [9.17, 15) is 4.39 Å². The molecule has 1 aliphatic rings. The molecule has 0 amide bonds. The summed E-state index contributed by atoms with van der Waals surface area (Å²) in [6.45, 7) is 0.496. The van der Waals surface area contributed by atoms with Crippen molar-refractivity contribution in [1.82, 2.24) is 9.78 Å². The highest BCUT2D eigenvalue weighted by Crippen LogP contribution is 2.36. The number of halogens is 1. The van der Waals surface area contributed by atoms with Gasteiger partial charge in [-0.2, -0.15) is 5.10 Å². The van der Waals surface area contributed by atoms with Crippen molar-refractivity contribution >= 4 is 5.82 Å². The Balaban J connectivity index is 2.19. The number of ether oxygens (including phenoxy) is 2. The van der Waals surface area contributed by atoms with Crippen LogP contribution in [0.2, 0.25) is 0 Å². The molecule has 0 fully saturated rings. The first kappa shape index (κ1) is 11.0. The molecule has 2 heterocycles. The van der Waals surface area contributed by atoms with Gasteiger partial charge < -0.3 is 15.2 Å². The van der Waals surface area contributed by atoms with Crippen LogP contribution in [0, 0.1) is 5.82 Å². The molecule has 1 aliphatic heterocycles. The molecule has 1 aromatic heterocycles. The molecular formula is C12H12FN3O2. The molecule has 0 saturated carbocycles. The molecule has 0 radical (unpaired) electrons. The Morgan fingerprint density at radius 2 is 2.22 bits per heavy atom. The minimum atomic E-state index is -0.345. The normalized spacial score (nSPS) is 14.1. The molecule has 6 heteroatoms. The minimum Gasteiger partial charge on any atom is -0.466 e. The Kier molecular flexibility index (Phi) is 2.45.